The molecule has 1 amide bonds. The summed E-state index contributed by atoms with van der Waals surface area (Å²) in [7, 11) is 0. The number of hydrogen-bond donors (Lipinski definition) is 2. The van der Waals surface area contributed by atoms with E-state index < -0.39 is 0 Å². The van der Waals surface area contributed by atoms with Crippen molar-refractivity contribution in [2.45, 2.75) is 38.8 Å². The van der Waals surface area contributed by atoms with Gasteiger partial charge in [0.25, 0.3) is 0 Å². The number of benzene rings is 1. The first-order valence-electron chi connectivity index (χ1n) is 6.28. The lowest BCUT2D eigenvalue weighted by atomic mass is 10.0. The molecule has 1 heterocycles. The third kappa shape index (κ3) is 2.86. The largest absolute Gasteiger partial charge is 0.348 e. The molecule has 92 valence electrons. The van der Waals surface area contributed by atoms with E-state index in [9.17, 15) is 4.79 Å². The van der Waals surface area contributed by atoms with Crippen LogP contribution >= 0.6 is 0 Å². The van der Waals surface area contributed by atoms with Crippen molar-refractivity contribution in [3.05, 3.63) is 35.4 Å². The van der Waals surface area contributed by atoms with Gasteiger partial charge in [-0.2, -0.15) is 0 Å². The van der Waals surface area contributed by atoms with Crippen molar-refractivity contribution >= 4 is 5.91 Å². The molecule has 0 aromatic heterocycles. The Kier molecular flexibility index (Phi) is 3.79. The maximum Gasteiger partial charge on any atom is 0.237 e. The quantitative estimate of drug-likeness (QED) is 0.836. The van der Waals surface area contributed by atoms with Gasteiger partial charge in [0.15, 0.2) is 0 Å². The number of nitrogens with one attached hydrogen (secondary N) is 2. The van der Waals surface area contributed by atoms with E-state index in [4.69, 9.17) is 0 Å². The smallest absolute Gasteiger partial charge is 0.237 e. The Bertz CT molecular complexity index is 397. The monoisotopic (exact) mass is 232 g/mol. The van der Waals surface area contributed by atoms with E-state index in [0.717, 1.165) is 19.4 Å². The lowest BCUT2D eigenvalue weighted by Gasteiger charge is -2.19. The first-order valence-corrected chi connectivity index (χ1v) is 6.28. The Morgan fingerprint density at radius 2 is 2.24 bits per heavy atom. The van der Waals surface area contributed by atoms with Gasteiger partial charge in [-0.05, 0) is 44.4 Å². The SMILES string of the molecule is Cc1ccccc1C(C)NC(=O)[C@H]1CCCN1. The highest BCUT2D eigenvalue weighted by Crippen LogP contribution is 2.17. The molecule has 2 N–H and O–H groups in total. The number of carbonyl (C=O) groups excluding carboxylic acids is 1. The van der Waals surface area contributed by atoms with E-state index in [-0.39, 0.29) is 18.0 Å². The zero-order chi connectivity index (χ0) is 12.3. The lowest BCUT2D eigenvalue weighted by Crippen LogP contribution is -2.41. The van der Waals surface area contributed by atoms with Crippen molar-refractivity contribution in [3.8, 4) is 0 Å². The number of hydrogen-bond acceptors (Lipinski definition) is 2. The van der Waals surface area contributed by atoms with Crippen LogP contribution in [0.3, 0.4) is 0 Å². The highest BCUT2D eigenvalue weighted by molar-refractivity contribution is 5.82. The Morgan fingerprint density at radius 3 is 2.88 bits per heavy atom. The van der Waals surface area contributed by atoms with Crippen LogP contribution in [0.1, 0.15) is 36.9 Å². The van der Waals surface area contributed by atoms with Crippen LogP contribution in [0.25, 0.3) is 0 Å². The standard InChI is InChI=1S/C14H20N2O/c1-10-6-3-4-7-12(10)11(2)16-14(17)13-8-5-9-15-13/h3-4,6-7,11,13,15H,5,8-9H2,1-2H3,(H,16,17)/t11?,13-/m1/s1. The lowest BCUT2D eigenvalue weighted by molar-refractivity contribution is -0.123. The fourth-order valence-electron chi connectivity index (χ4n) is 2.37. The van der Waals surface area contributed by atoms with E-state index >= 15 is 0 Å². The zero-order valence-electron chi connectivity index (χ0n) is 10.5. The van der Waals surface area contributed by atoms with Crippen LogP contribution in [0.4, 0.5) is 0 Å². The average molecular weight is 232 g/mol. The summed E-state index contributed by atoms with van der Waals surface area (Å²) in [5, 5.41) is 6.29. The van der Waals surface area contributed by atoms with Crippen LogP contribution < -0.4 is 10.6 Å². The van der Waals surface area contributed by atoms with Crippen molar-refractivity contribution in [3.63, 3.8) is 0 Å². The van der Waals surface area contributed by atoms with Crippen molar-refractivity contribution in [1.82, 2.24) is 10.6 Å². The molecule has 1 aromatic carbocycles. The van der Waals surface area contributed by atoms with Crippen LogP contribution in [0.2, 0.25) is 0 Å². The normalized spacial score (nSPS) is 21.2. The van der Waals surface area contributed by atoms with Gasteiger partial charge in [0, 0.05) is 0 Å². The highest BCUT2D eigenvalue weighted by Gasteiger charge is 2.23. The Morgan fingerprint density at radius 1 is 1.47 bits per heavy atom. The molecule has 1 saturated heterocycles. The molecule has 2 atom stereocenters. The van der Waals surface area contributed by atoms with Gasteiger partial charge in [-0.1, -0.05) is 24.3 Å². The Balaban J connectivity index is 1.99. The molecular weight excluding hydrogens is 212 g/mol. The minimum absolute atomic E-state index is 0.00136. The van der Waals surface area contributed by atoms with Crippen molar-refractivity contribution in [2.24, 2.45) is 0 Å². The minimum Gasteiger partial charge on any atom is -0.348 e. The summed E-state index contributed by atoms with van der Waals surface area (Å²) in [4.78, 5) is 12.0. The van der Waals surface area contributed by atoms with Gasteiger partial charge < -0.3 is 10.6 Å². The number of carbonyl (C=O) groups is 1. The van der Waals surface area contributed by atoms with Gasteiger partial charge in [-0.15, -0.1) is 0 Å². The molecule has 1 unspecified atom stereocenters. The van der Waals surface area contributed by atoms with E-state index in [0.29, 0.717) is 0 Å². The number of aryl methyl sites for hydroxylation is 1. The summed E-state index contributed by atoms with van der Waals surface area (Å²) < 4.78 is 0. The highest BCUT2D eigenvalue weighted by atomic mass is 16.2. The molecule has 0 bridgehead atoms. The fraction of sp³-hybridized carbons (Fsp3) is 0.500. The molecule has 1 aliphatic heterocycles. The maximum atomic E-state index is 12.0. The van der Waals surface area contributed by atoms with Gasteiger partial charge in [0.1, 0.15) is 0 Å². The topological polar surface area (TPSA) is 41.1 Å². The Hall–Kier alpha value is -1.35. The molecule has 3 heteroatoms. The molecule has 2 rings (SSSR count). The third-order valence-corrected chi connectivity index (χ3v) is 3.39. The molecule has 0 aliphatic carbocycles. The van der Waals surface area contributed by atoms with Gasteiger partial charge in [-0.25, -0.2) is 0 Å². The number of rotatable bonds is 3. The van der Waals surface area contributed by atoms with Crippen LogP contribution in [-0.2, 0) is 4.79 Å². The van der Waals surface area contributed by atoms with Crippen LogP contribution in [0.15, 0.2) is 24.3 Å². The second-order valence-corrected chi connectivity index (χ2v) is 4.74. The van der Waals surface area contributed by atoms with Crippen molar-refractivity contribution in [1.29, 1.82) is 0 Å². The average Bonchev–Trinajstić information content (AvgIpc) is 2.82. The van der Waals surface area contributed by atoms with E-state index in [2.05, 4.69) is 29.7 Å². The summed E-state index contributed by atoms with van der Waals surface area (Å²) >= 11 is 0. The summed E-state index contributed by atoms with van der Waals surface area (Å²) in [5.41, 5.74) is 2.42. The second-order valence-electron chi connectivity index (χ2n) is 4.74. The molecule has 0 spiro atoms. The predicted octanol–water partition coefficient (Wildman–Crippen LogP) is 1.92. The summed E-state index contributed by atoms with van der Waals surface area (Å²) in [6.07, 6.45) is 2.04. The third-order valence-electron chi connectivity index (χ3n) is 3.39. The van der Waals surface area contributed by atoms with Crippen LogP contribution in [-0.4, -0.2) is 18.5 Å². The Labute approximate surface area is 103 Å². The predicted molar refractivity (Wildman–Crippen MR) is 68.8 cm³/mol. The van der Waals surface area contributed by atoms with Crippen LogP contribution in [0, 0.1) is 6.92 Å². The minimum atomic E-state index is 0.00136. The number of amides is 1. The molecule has 1 aliphatic rings. The molecule has 1 fully saturated rings. The van der Waals surface area contributed by atoms with E-state index in [1.165, 1.54) is 11.1 Å². The van der Waals surface area contributed by atoms with Crippen LogP contribution in [0.5, 0.6) is 0 Å². The zero-order valence-corrected chi connectivity index (χ0v) is 10.5. The summed E-state index contributed by atoms with van der Waals surface area (Å²) in [5.74, 6) is 0.123. The molecule has 0 radical (unpaired) electrons. The van der Waals surface area contributed by atoms with E-state index in [1.54, 1.807) is 0 Å². The second kappa shape index (κ2) is 5.32. The van der Waals surface area contributed by atoms with Gasteiger partial charge in [0.2, 0.25) is 5.91 Å². The summed E-state index contributed by atoms with van der Waals surface area (Å²) in [6.45, 7) is 5.07. The van der Waals surface area contributed by atoms with Gasteiger partial charge >= 0.3 is 0 Å². The molecule has 17 heavy (non-hydrogen) atoms. The molecule has 1 aromatic rings. The molecular formula is C14H20N2O. The van der Waals surface area contributed by atoms with Crippen molar-refractivity contribution in [2.75, 3.05) is 6.54 Å². The summed E-state index contributed by atoms with van der Waals surface area (Å²) in [6, 6.07) is 8.26. The maximum absolute atomic E-state index is 12.0. The van der Waals surface area contributed by atoms with Gasteiger partial charge in [-0.3, -0.25) is 4.79 Å². The van der Waals surface area contributed by atoms with E-state index in [1.807, 2.05) is 19.1 Å². The molecule has 3 nitrogen and oxygen atoms in total. The van der Waals surface area contributed by atoms with Gasteiger partial charge in [0.05, 0.1) is 12.1 Å². The first-order chi connectivity index (χ1) is 8.18. The fourth-order valence-corrected chi connectivity index (χ4v) is 2.37. The van der Waals surface area contributed by atoms with Crippen molar-refractivity contribution < 1.29 is 4.79 Å². The molecule has 0 saturated carbocycles. The first kappa shape index (κ1) is 12.1.